The Labute approximate surface area is 143 Å². The lowest BCUT2D eigenvalue weighted by Crippen LogP contribution is -2.71. The molecule has 2 bridgehead atoms. The first-order valence-corrected chi connectivity index (χ1v) is 9.08. The molecular weight excluding hydrogens is 304 g/mol. The van der Waals surface area contributed by atoms with E-state index in [4.69, 9.17) is 10.8 Å². The molecule has 1 aromatic heterocycles. The molecule has 4 aliphatic carbocycles. The molecule has 132 valence electrons. The van der Waals surface area contributed by atoms with Gasteiger partial charge in [-0.25, -0.2) is 9.48 Å². The minimum absolute atomic E-state index is 0.0279. The molecule has 1 amide bonds. The quantitative estimate of drug-likeness (QED) is 0.888. The lowest BCUT2D eigenvalue weighted by molar-refractivity contribution is -0.142. The maximum absolute atomic E-state index is 11.9. The number of rotatable bonds is 3. The number of hydrogen-bond acceptors (Lipinski definition) is 3. The van der Waals surface area contributed by atoms with Crippen molar-refractivity contribution < 1.29 is 9.90 Å². The Bertz CT molecular complexity index is 658. The zero-order valence-corrected chi connectivity index (χ0v) is 14.8. The van der Waals surface area contributed by atoms with Crippen molar-refractivity contribution in [3.05, 3.63) is 11.8 Å². The van der Waals surface area contributed by atoms with Crippen molar-refractivity contribution in [2.24, 2.45) is 5.92 Å². The monoisotopic (exact) mass is 332 g/mol. The van der Waals surface area contributed by atoms with Gasteiger partial charge in [0.05, 0.1) is 11.2 Å². The third kappa shape index (κ3) is 2.22. The van der Waals surface area contributed by atoms with Crippen LogP contribution in [0.1, 0.15) is 70.9 Å². The van der Waals surface area contributed by atoms with Gasteiger partial charge in [0.15, 0.2) is 0 Å². The fourth-order valence-electron chi connectivity index (χ4n) is 5.09. The van der Waals surface area contributed by atoms with Crippen LogP contribution in [0.15, 0.2) is 6.07 Å². The average Bonchev–Trinajstić information content (AvgIpc) is 2.96. The predicted molar refractivity (Wildman–Crippen MR) is 92.0 cm³/mol. The Morgan fingerprint density at radius 3 is 2.50 bits per heavy atom. The maximum Gasteiger partial charge on any atom is 0.408 e. The lowest BCUT2D eigenvalue weighted by atomic mass is 9.49. The van der Waals surface area contributed by atoms with Crippen molar-refractivity contribution in [2.75, 3.05) is 5.73 Å². The first kappa shape index (κ1) is 15.8. The van der Waals surface area contributed by atoms with E-state index in [1.54, 1.807) is 4.90 Å². The fraction of sp³-hybridized carbons (Fsp3) is 0.778. The number of hydrogen-bond donors (Lipinski definition) is 2. The molecule has 0 unspecified atom stereocenters. The van der Waals surface area contributed by atoms with Gasteiger partial charge in [-0.1, -0.05) is 0 Å². The molecule has 24 heavy (non-hydrogen) atoms. The number of amides is 1. The van der Waals surface area contributed by atoms with Crippen molar-refractivity contribution >= 4 is 11.9 Å². The number of carboxylic acid groups (broad SMARTS) is 1. The molecule has 4 aliphatic rings. The predicted octanol–water partition coefficient (Wildman–Crippen LogP) is 3.39. The molecule has 6 heteroatoms. The zero-order chi connectivity index (χ0) is 17.3. The number of nitrogens with two attached hydrogens (primary N) is 1. The summed E-state index contributed by atoms with van der Waals surface area (Å²) in [6, 6.07) is 2.11. The summed E-state index contributed by atoms with van der Waals surface area (Å²) in [4.78, 5) is 13.7. The number of carbonyl (C=O) groups is 1. The van der Waals surface area contributed by atoms with Crippen LogP contribution in [0.2, 0.25) is 0 Å². The van der Waals surface area contributed by atoms with Crippen molar-refractivity contribution in [1.29, 1.82) is 0 Å². The van der Waals surface area contributed by atoms with E-state index in [0.717, 1.165) is 50.1 Å². The number of nitrogen functional groups attached to an aromatic ring is 1. The highest BCUT2D eigenvalue weighted by molar-refractivity contribution is 5.68. The van der Waals surface area contributed by atoms with E-state index in [2.05, 4.69) is 20.8 Å². The van der Waals surface area contributed by atoms with Crippen molar-refractivity contribution in [3.8, 4) is 0 Å². The van der Waals surface area contributed by atoms with E-state index in [1.807, 2.05) is 10.7 Å². The Morgan fingerprint density at radius 2 is 2.04 bits per heavy atom. The van der Waals surface area contributed by atoms with Crippen LogP contribution in [-0.4, -0.2) is 37.5 Å². The van der Waals surface area contributed by atoms with E-state index >= 15 is 0 Å². The maximum atomic E-state index is 11.9. The molecule has 0 saturated heterocycles. The van der Waals surface area contributed by atoms with Gasteiger partial charge in [0.25, 0.3) is 0 Å². The summed E-state index contributed by atoms with van der Waals surface area (Å²) in [6.45, 7) is 6.27. The third-order valence-electron chi connectivity index (χ3n) is 6.30. The molecule has 0 aliphatic heterocycles. The molecule has 4 fully saturated rings. The van der Waals surface area contributed by atoms with Crippen molar-refractivity contribution in [1.82, 2.24) is 14.7 Å². The van der Waals surface area contributed by atoms with Crippen molar-refractivity contribution in [3.63, 3.8) is 0 Å². The van der Waals surface area contributed by atoms with Gasteiger partial charge in [0.1, 0.15) is 5.82 Å². The SMILES string of the molecule is CC(C)(C)n1nc([C@H]2CC[C@@H](N(C(=O)O)C34CC(C3)C4)C2)cc1N. The Kier molecular flexibility index (Phi) is 3.22. The zero-order valence-electron chi connectivity index (χ0n) is 14.8. The summed E-state index contributed by atoms with van der Waals surface area (Å²) in [6.07, 6.45) is 5.29. The molecule has 1 heterocycles. The fourth-order valence-corrected chi connectivity index (χ4v) is 5.09. The van der Waals surface area contributed by atoms with Crippen LogP contribution in [0, 0.1) is 5.92 Å². The summed E-state index contributed by atoms with van der Waals surface area (Å²) < 4.78 is 1.88. The molecule has 6 nitrogen and oxygen atoms in total. The van der Waals surface area contributed by atoms with Crippen LogP contribution in [0.25, 0.3) is 0 Å². The second kappa shape index (κ2) is 4.90. The van der Waals surface area contributed by atoms with Gasteiger partial charge in [0.2, 0.25) is 0 Å². The van der Waals surface area contributed by atoms with E-state index in [9.17, 15) is 9.90 Å². The van der Waals surface area contributed by atoms with E-state index < -0.39 is 6.09 Å². The molecule has 5 rings (SSSR count). The molecule has 2 atom stereocenters. The normalized spacial score (nSPS) is 34.5. The Hall–Kier alpha value is -1.72. The summed E-state index contributed by atoms with van der Waals surface area (Å²) in [7, 11) is 0. The van der Waals surface area contributed by atoms with E-state index in [1.165, 1.54) is 0 Å². The molecule has 3 N–H and O–H groups in total. The average molecular weight is 332 g/mol. The smallest absolute Gasteiger partial charge is 0.408 e. The lowest BCUT2D eigenvalue weighted by Gasteiger charge is -2.66. The van der Waals surface area contributed by atoms with Gasteiger partial charge in [-0.2, -0.15) is 5.10 Å². The highest BCUT2D eigenvalue weighted by atomic mass is 16.4. The van der Waals surface area contributed by atoms with Crippen LogP contribution in [0.5, 0.6) is 0 Å². The second-order valence-electron chi connectivity index (χ2n) is 9.10. The van der Waals surface area contributed by atoms with Gasteiger partial charge in [0, 0.05) is 23.6 Å². The summed E-state index contributed by atoms with van der Waals surface area (Å²) in [5.41, 5.74) is 6.99. The largest absolute Gasteiger partial charge is 0.465 e. The molecule has 0 spiro atoms. The third-order valence-corrected chi connectivity index (χ3v) is 6.30. The summed E-state index contributed by atoms with van der Waals surface area (Å²) in [5, 5.41) is 14.5. The minimum Gasteiger partial charge on any atom is -0.465 e. The van der Waals surface area contributed by atoms with Gasteiger partial charge in [-0.15, -0.1) is 0 Å². The standard InChI is InChI=1S/C18H28N4O2/c1-17(2,3)22-15(19)7-14(20-22)12-4-5-13(6-12)21(16(23)24)18-8-11(9-18)10-18/h7,11-13H,4-6,8-10,19H2,1-3H3,(H,23,24)/t11?,12-,13+,18?/m0/s1. The van der Waals surface area contributed by atoms with Crippen LogP contribution in [0.4, 0.5) is 10.6 Å². The highest BCUT2D eigenvalue weighted by Gasteiger charge is 2.63. The van der Waals surface area contributed by atoms with Gasteiger partial charge < -0.3 is 10.8 Å². The Balaban J connectivity index is 1.51. The second-order valence-corrected chi connectivity index (χ2v) is 9.10. The molecule has 4 saturated carbocycles. The van der Waals surface area contributed by atoms with Gasteiger partial charge in [-0.3, -0.25) is 4.90 Å². The van der Waals surface area contributed by atoms with Gasteiger partial charge in [-0.05, 0) is 65.2 Å². The highest BCUT2D eigenvalue weighted by Crippen LogP contribution is 2.62. The van der Waals surface area contributed by atoms with E-state index in [0.29, 0.717) is 11.7 Å². The minimum atomic E-state index is -0.737. The first-order chi connectivity index (χ1) is 11.2. The van der Waals surface area contributed by atoms with Crippen LogP contribution >= 0.6 is 0 Å². The van der Waals surface area contributed by atoms with Crippen LogP contribution < -0.4 is 5.73 Å². The number of anilines is 1. The first-order valence-electron chi connectivity index (χ1n) is 9.08. The number of aromatic nitrogens is 2. The number of nitrogens with zero attached hydrogens (tertiary/aromatic N) is 3. The topological polar surface area (TPSA) is 84.4 Å². The summed E-state index contributed by atoms with van der Waals surface area (Å²) >= 11 is 0. The van der Waals surface area contributed by atoms with Crippen molar-refractivity contribution in [2.45, 2.75) is 82.3 Å². The Morgan fingerprint density at radius 1 is 1.38 bits per heavy atom. The van der Waals surface area contributed by atoms with E-state index in [-0.39, 0.29) is 17.1 Å². The van der Waals surface area contributed by atoms with Crippen LogP contribution in [0.3, 0.4) is 0 Å². The van der Waals surface area contributed by atoms with Gasteiger partial charge >= 0.3 is 6.09 Å². The van der Waals surface area contributed by atoms with Crippen LogP contribution in [-0.2, 0) is 5.54 Å². The molecule has 1 aromatic rings. The molecule has 0 radical (unpaired) electrons. The summed E-state index contributed by atoms with van der Waals surface area (Å²) in [5.74, 6) is 1.79. The molecule has 0 aromatic carbocycles. The molecular formula is C18H28N4O2.